The highest BCUT2D eigenvalue weighted by Gasteiger charge is 2.13. The predicted octanol–water partition coefficient (Wildman–Crippen LogP) is 6.95. The standard InChI is InChI=1S/C22H36ClNO.ClH/c1-16(2)12-17(3)13-18(4)14-19(5)15-24-21-9-6-20(7-10-21)8-11-22(23)25;/h6-7,9-10,16-19,24H,8,11-15H2,1-5H3;1H. The number of nitrogens with one attached hydrogen (secondary N) is 1. The Bertz CT molecular complexity index is 501. The highest BCUT2D eigenvalue weighted by molar-refractivity contribution is 6.63. The molecule has 0 radical (unpaired) electrons. The van der Waals surface area contributed by atoms with E-state index in [9.17, 15) is 4.79 Å². The number of benzene rings is 1. The van der Waals surface area contributed by atoms with Crippen LogP contribution in [0.15, 0.2) is 24.3 Å². The van der Waals surface area contributed by atoms with E-state index < -0.39 is 0 Å². The van der Waals surface area contributed by atoms with Gasteiger partial charge in [-0.2, -0.15) is 0 Å². The van der Waals surface area contributed by atoms with E-state index in [1.807, 2.05) is 0 Å². The number of carbonyl (C=O) groups excluding carboxylic acids is 1. The highest BCUT2D eigenvalue weighted by atomic mass is 35.5. The van der Waals surface area contributed by atoms with Gasteiger partial charge in [-0.05, 0) is 78.7 Å². The molecule has 0 heterocycles. The Hall–Kier alpha value is -0.730. The lowest BCUT2D eigenvalue weighted by atomic mass is 9.86. The van der Waals surface area contributed by atoms with Crippen molar-refractivity contribution in [2.24, 2.45) is 23.7 Å². The third-order valence-corrected chi connectivity index (χ3v) is 4.89. The lowest BCUT2D eigenvalue weighted by Gasteiger charge is -2.22. The number of carbonyl (C=O) groups is 1. The zero-order chi connectivity index (χ0) is 18.8. The summed E-state index contributed by atoms with van der Waals surface area (Å²) >= 11 is 5.39. The fourth-order valence-corrected chi connectivity index (χ4v) is 3.87. The zero-order valence-electron chi connectivity index (χ0n) is 17.1. The SMILES string of the molecule is CC(C)CC(C)CC(C)CC(C)CNc1ccc(CCC(=O)Cl)cc1.Cl. The molecule has 0 spiro atoms. The third kappa shape index (κ3) is 11.8. The molecule has 3 unspecified atom stereocenters. The molecule has 1 N–H and O–H groups in total. The molecule has 26 heavy (non-hydrogen) atoms. The van der Waals surface area contributed by atoms with Crippen molar-refractivity contribution in [1.82, 2.24) is 0 Å². The molecule has 0 fully saturated rings. The summed E-state index contributed by atoms with van der Waals surface area (Å²) in [4.78, 5) is 10.8. The maximum atomic E-state index is 10.8. The molecule has 0 saturated carbocycles. The first-order chi connectivity index (χ1) is 11.8. The quantitative estimate of drug-likeness (QED) is 0.383. The summed E-state index contributed by atoms with van der Waals surface area (Å²) in [6.07, 6.45) is 5.05. The van der Waals surface area contributed by atoms with Crippen molar-refractivity contribution in [3.8, 4) is 0 Å². The van der Waals surface area contributed by atoms with Gasteiger partial charge in [0, 0.05) is 18.7 Å². The Morgan fingerprint density at radius 1 is 0.923 bits per heavy atom. The van der Waals surface area contributed by atoms with E-state index in [-0.39, 0.29) is 17.6 Å². The molecule has 3 atom stereocenters. The van der Waals surface area contributed by atoms with Crippen molar-refractivity contribution in [3.63, 3.8) is 0 Å². The van der Waals surface area contributed by atoms with Gasteiger partial charge in [0.15, 0.2) is 0 Å². The van der Waals surface area contributed by atoms with Gasteiger partial charge in [-0.25, -0.2) is 0 Å². The summed E-state index contributed by atoms with van der Waals surface area (Å²) in [5, 5.41) is 3.26. The maximum Gasteiger partial charge on any atom is 0.221 e. The van der Waals surface area contributed by atoms with E-state index in [0.717, 1.165) is 35.5 Å². The second-order valence-corrected chi connectivity index (χ2v) is 8.77. The fourth-order valence-electron chi connectivity index (χ4n) is 3.78. The van der Waals surface area contributed by atoms with Gasteiger partial charge in [0.2, 0.25) is 5.24 Å². The summed E-state index contributed by atoms with van der Waals surface area (Å²) in [6.45, 7) is 12.7. The van der Waals surface area contributed by atoms with Gasteiger partial charge in [0.1, 0.15) is 0 Å². The van der Waals surface area contributed by atoms with Crippen molar-refractivity contribution in [2.45, 2.75) is 66.7 Å². The summed E-state index contributed by atoms with van der Waals surface area (Å²) in [5.41, 5.74) is 2.30. The summed E-state index contributed by atoms with van der Waals surface area (Å²) in [6, 6.07) is 8.33. The van der Waals surface area contributed by atoms with Crippen LogP contribution in [-0.4, -0.2) is 11.8 Å². The monoisotopic (exact) mass is 401 g/mol. The zero-order valence-corrected chi connectivity index (χ0v) is 18.6. The average Bonchev–Trinajstić information content (AvgIpc) is 2.50. The molecular weight excluding hydrogens is 365 g/mol. The summed E-state index contributed by atoms with van der Waals surface area (Å²) in [5.74, 6) is 3.06. The van der Waals surface area contributed by atoms with Gasteiger partial charge in [-0.15, -0.1) is 12.4 Å². The second-order valence-electron chi connectivity index (χ2n) is 8.35. The smallest absolute Gasteiger partial charge is 0.221 e. The van der Waals surface area contributed by atoms with E-state index in [1.165, 1.54) is 19.3 Å². The number of rotatable bonds is 12. The molecule has 0 saturated heterocycles. The van der Waals surface area contributed by atoms with Crippen LogP contribution in [0.3, 0.4) is 0 Å². The Morgan fingerprint density at radius 2 is 1.46 bits per heavy atom. The van der Waals surface area contributed by atoms with E-state index in [0.29, 0.717) is 18.8 Å². The first-order valence-corrected chi connectivity index (χ1v) is 10.1. The molecule has 0 aromatic heterocycles. The molecule has 1 aromatic carbocycles. The molecule has 1 aromatic rings. The minimum absolute atomic E-state index is 0. The lowest BCUT2D eigenvalue weighted by molar-refractivity contribution is -0.111. The normalized spacial score (nSPS) is 14.4. The third-order valence-electron chi connectivity index (χ3n) is 4.70. The van der Waals surface area contributed by atoms with Crippen molar-refractivity contribution >= 4 is 34.9 Å². The van der Waals surface area contributed by atoms with Crippen LogP contribution >= 0.6 is 24.0 Å². The number of hydrogen-bond donors (Lipinski definition) is 1. The van der Waals surface area contributed by atoms with Gasteiger partial charge in [-0.3, -0.25) is 4.79 Å². The summed E-state index contributed by atoms with van der Waals surface area (Å²) < 4.78 is 0. The Morgan fingerprint density at radius 3 is 2.00 bits per heavy atom. The fraction of sp³-hybridized carbons (Fsp3) is 0.682. The van der Waals surface area contributed by atoms with Crippen molar-refractivity contribution in [1.29, 1.82) is 0 Å². The molecular formula is C22H37Cl2NO. The van der Waals surface area contributed by atoms with Gasteiger partial charge in [0.05, 0.1) is 0 Å². The topological polar surface area (TPSA) is 29.1 Å². The first kappa shape index (κ1) is 25.3. The van der Waals surface area contributed by atoms with E-state index in [2.05, 4.69) is 64.2 Å². The number of anilines is 1. The Balaban J connectivity index is 0.00000625. The minimum atomic E-state index is -0.271. The van der Waals surface area contributed by atoms with Crippen LogP contribution in [0.2, 0.25) is 0 Å². The van der Waals surface area contributed by atoms with Gasteiger partial charge in [-0.1, -0.05) is 46.8 Å². The maximum absolute atomic E-state index is 10.8. The second kappa shape index (κ2) is 13.4. The molecule has 0 aliphatic carbocycles. The molecule has 150 valence electrons. The molecule has 4 heteroatoms. The van der Waals surface area contributed by atoms with Crippen LogP contribution < -0.4 is 5.32 Å². The highest BCUT2D eigenvalue weighted by Crippen LogP contribution is 2.24. The van der Waals surface area contributed by atoms with Crippen LogP contribution in [0, 0.1) is 23.7 Å². The Kier molecular flexibility index (Phi) is 13.1. The van der Waals surface area contributed by atoms with Gasteiger partial charge < -0.3 is 5.32 Å². The van der Waals surface area contributed by atoms with E-state index >= 15 is 0 Å². The minimum Gasteiger partial charge on any atom is -0.385 e. The lowest BCUT2D eigenvalue weighted by Crippen LogP contribution is -2.16. The van der Waals surface area contributed by atoms with Crippen molar-refractivity contribution in [2.75, 3.05) is 11.9 Å². The van der Waals surface area contributed by atoms with Gasteiger partial charge in [0.25, 0.3) is 0 Å². The van der Waals surface area contributed by atoms with Crippen molar-refractivity contribution < 1.29 is 4.79 Å². The number of halogens is 2. The molecule has 0 aliphatic heterocycles. The predicted molar refractivity (Wildman–Crippen MR) is 118 cm³/mol. The number of aryl methyl sites for hydroxylation is 1. The first-order valence-electron chi connectivity index (χ1n) is 9.77. The van der Waals surface area contributed by atoms with Crippen molar-refractivity contribution in [3.05, 3.63) is 29.8 Å². The molecule has 0 amide bonds. The van der Waals surface area contributed by atoms with Crippen LogP contribution in [0.25, 0.3) is 0 Å². The number of hydrogen-bond acceptors (Lipinski definition) is 2. The van der Waals surface area contributed by atoms with E-state index in [1.54, 1.807) is 0 Å². The van der Waals surface area contributed by atoms with E-state index in [4.69, 9.17) is 11.6 Å². The molecule has 2 nitrogen and oxygen atoms in total. The van der Waals surface area contributed by atoms with Gasteiger partial charge >= 0.3 is 0 Å². The molecule has 0 aliphatic rings. The van der Waals surface area contributed by atoms with Crippen LogP contribution in [0.5, 0.6) is 0 Å². The summed E-state index contributed by atoms with van der Waals surface area (Å²) in [7, 11) is 0. The molecule has 0 bridgehead atoms. The Labute approximate surface area is 171 Å². The van der Waals surface area contributed by atoms with Crippen LogP contribution in [0.4, 0.5) is 5.69 Å². The van der Waals surface area contributed by atoms with Crippen LogP contribution in [-0.2, 0) is 11.2 Å². The largest absolute Gasteiger partial charge is 0.385 e. The average molecular weight is 402 g/mol. The molecule has 1 rings (SSSR count). The van der Waals surface area contributed by atoms with Crippen LogP contribution in [0.1, 0.15) is 65.9 Å².